The minimum Gasteiger partial charge on any atom is -0.493 e. The van der Waals surface area contributed by atoms with Gasteiger partial charge in [-0.3, -0.25) is 9.10 Å². The van der Waals surface area contributed by atoms with Crippen LogP contribution < -0.4 is 19.1 Å². The monoisotopic (exact) mass is 422 g/mol. The Balaban J connectivity index is 2.55. The zero-order chi connectivity index (χ0) is 21.6. The Hall–Kier alpha value is -2.78. The lowest BCUT2D eigenvalue weighted by Crippen LogP contribution is -2.32. The molecule has 0 saturated carbocycles. The number of methoxy groups -OCH3 is 3. The van der Waals surface area contributed by atoms with Crippen molar-refractivity contribution in [3.63, 3.8) is 0 Å². The molecule has 0 aliphatic rings. The maximum Gasteiger partial charge on any atom is 0.264 e. The molecule has 1 amide bonds. The predicted octanol–water partition coefficient (Wildman–Crippen LogP) is 2.21. The van der Waals surface area contributed by atoms with Gasteiger partial charge in [0.05, 0.1) is 37.0 Å². The molecule has 0 heterocycles. The van der Waals surface area contributed by atoms with E-state index in [9.17, 15) is 13.2 Å². The zero-order valence-electron chi connectivity index (χ0n) is 17.2. The molecule has 0 fully saturated rings. The van der Waals surface area contributed by atoms with Gasteiger partial charge in [0, 0.05) is 26.8 Å². The van der Waals surface area contributed by atoms with Gasteiger partial charge in [-0.2, -0.15) is 0 Å². The summed E-state index contributed by atoms with van der Waals surface area (Å²) in [7, 11) is 1.89. The third-order valence-electron chi connectivity index (χ3n) is 4.36. The molecule has 0 bridgehead atoms. The number of nitrogens with zero attached hydrogens (tertiary/aromatic N) is 1. The average Bonchev–Trinajstić information content (AvgIpc) is 2.72. The number of amides is 1. The fraction of sp³-hybridized carbons (Fsp3) is 0.350. The molecule has 1 N–H and O–H groups in total. The van der Waals surface area contributed by atoms with Gasteiger partial charge in [-0.25, -0.2) is 8.42 Å². The standard InChI is InChI=1S/C20H26N2O6S/c1-14-6-8-15(9-7-14)29(24,25)22(2)17-13-19(28-5)18(27-4)12-16(17)20(23)21-10-11-26-3/h6-9,12-13H,10-11H2,1-5H3,(H,21,23). The maximum absolute atomic E-state index is 13.1. The molecule has 2 aromatic rings. The molecule has 0 aromatic heterocycles. The maximum atomic E-state index is 13.1. The van der Waals surface area contributed by atoms with Gasteiger partial charge >= 0.3 is 0 Å². The van der Waals surface area contributed by atoms with E-state index in [1.54, 1.807) is 12.1 Å². The van der Waals surface area contributed by atoms with Crippen LogP contribution in [-0.2, 0) is 14.8 Å². The molecular weight excluding hydrogens is 396 g/mol. The summed E-state index contributed by atoms with van der Waals surface area (Å²) in [5.74, 6) is 0.167. The van der Waals surface area contributed by atoms with Crippen LogP contribution in [0.3, 0.4) is 0 Å². The van der Waals surface area contributed by atoms with Crippen LogP contribution in [0, 0.1) is 6.92 Å². The lowest BCUT2D eigenvalue weighted by molar-refractivity contribution is 0.0937. The van der Waals surface area contributed by atoms with Crippen LogP contribution in [0.1, 0.15) is 15.9 Å². The van der Waals surface area contributed by atoms with Crippen LogP contribution in [0.4, 0.5) is 5.69 Å². The summed E-state index contributed by atoms with van der Waals surface area (Å²) in [5.41, 5.74) is 1.24. The third-order valence-corrected chi connectivity index (χ3v) is 6.14. The molecule has 0 radical (unpaired) electrons. The summed E-state index contributed by atoms with van der Waals surface area (Å²) in [4.78, 5) is 12.9. The third kappa shape index (κ3) is 4.99. The number of sulfonamides is 1. The Morgan fingerprint density at radius 2 is 1.62 bits per heavy atom. The van der Waals surface area contributed by atoms with E-state index in [0.29, 0.717) is 18.1 Å². The first-order valence-electron chi connectivity index (χ1n) is 8.85. The van der Waals surface area contributed by atoms with Gasteiger partial charge in [0.1, 0.15) is 0 Å². The molecule has 9 heteroatoms. The summed E-state index contributed by atoms with van der Waals surface area (Å²) < 4.78 is 42.8. The van der Waals surface area contributed by atoms with Crippen molar-refractivity contribution >= 4 is 21.6 Å². The van der Waals surface area contributed by atoms with Gasteiger partial charge in [0.15, 0.2) is 11.5 Å². The van der Waals surface area contributed by atoms with E-state index >= 15 is 0 Å². The Morgan fingerprint density at radius 3 is 2.17 bits per heavy atom. The topological polar surface area (TPSA) is 94.2 Å². The molecule has 0 atom stereocenters. The molecule has 158 valence electrons. The average molecular weight is 423 g/mol. The highest BCUT2D eigenvalue weighted by Gasteiger charge is 2.27. The minimum absolute atomic E-state index is 0.117. The van der Waals surface area contributed by atoms with E-state index in [0.717, 1.165) is 9.87 Å². The Kier molecular flexibility index (Phi) is 7.46. The first-order chi connectivity index (χ1) is 13.8. The van der Waals surface area contributed by atoms with E-state index < -0.39 is 15.9 Å². The van der Waals surface area contributed by atoms with Crippen molar-refractivity contribution < 1.29 is 27.4 Å². The van der Waals surface area contributed by atoms with Gasteiger partial charge in [0.25, 0.3) is 15.9 Å². The Labute approximate surface area is 171 Å². The molecule has 0 unspecified atom stereocenters. The molecule has 29 heavy (non-hydrogen) atoms. The number of hydrogen-bond acceptors (Lipinski definition) is 6. The highest BCUT2D eigenvalue weighted by atomic mass is 32.2. The van der Waals surface area contributed by atoms with Crippen LogP contribution in [-0.4, -0.2) is 55.9 Å². The number of carbonyl (C=O) groups is 1. The second-order valence-corrected chi connectivity index (χ2v) is 8.23. The predicted molar refractivity (Wildman–Crippen MR) is 111 cm³/mol. The number of ether oxygens (including phenoxy) is 3. The van der Waals surface area contributed by atoms with Gasteiger partial charge < -0.3 is 19.5 Å². The van der Waals surface area contributed by atoms with E-state index in [1.807, 2.05) is 6.92 Å². The fourth-order valence-corrected chi connectivity index (χ4v) is 3.88. The van der Waals surface area contributed by atoms with E-state index in [2.05, 4.69) is 5.32 Å². The number of aryl methyl sites for hydroxylation is 1. The van der Waals surface area contributed by atoms with E-state index in [-0.39, 0.29) is 22.7 Å². The molecular formula is C20H26N2O6S. The number of nitrogens with one attached hydrogen (secondary N) is 1. The second-order valence-electron chi connectivity index (χ2n) is 6.26. The molecule has 2 aromatic carbocycles. The van der Waals surface area contributed by atoms with Crippen molar-refractivity contribution in [3.05, 3.63) is 47.5 Å². The van der Waals surface area contributed by atoms with Crippen molar-refractivity contribution in [2.75, 3.05) is 45.8 Å². The number of benzene rings is 2. The van der Waals surface area contributed by atoms with Gasteiger partial charge in [0.2, 0.25) is 0 Å². The second kappa shape index (κ2) is 9.62. The summed E-state index contributed by atoms with van der Waals surface area (Å²) in [6, 6.07) is 9.41. The van der Waals surface area contributed by atoms with Crippen molar-refractivity contribution in [2.24, 2.45) is 0 Å². The molecule has 0 spiro atoms. The van der Waals surface area contributed by atoms with Crippen LogP contribution in [0.5, 0.6) is 11.5 Å². The number of rotatable bonds is 9. The lowest BCUT2D eigenvalue weighted by Gasteiger charge is -2.23. The normalized spacial score (nSPS) is 11.1. The van der Waals surface area contributed by atoms with Crippen molar-refractivity contribution in [3.8, 4) is 11.5 Å². The number of anilines is 1. The van der Waals surface area contributed by atoms with Crippen molar-refractivity contribution in [1.29, 1.82) is 0 Å². The smallest absolute Gasteiger partial charge is 0.264 e. The number of carbonyl (C=O) groups excluding carboxylic acids is 1. The molecule has 0 aliphatic heterocycles. The van der Waals surface area contributed by atoms with E-state index in [4.69, 9.17) is 14.2 Å². The largest absolute Gasteiger partial charge is 0.493 e. The Bertz CT molecular complexity index is 958. The van der Waals surface area contributed by atoms with Crippen molar-refractivity contribution in [1.82, 2.24) is 5.32 Å². The lowest BCUT2D eigenvalue weighted by atomic mass is 10.1. The minimum atomic E-state index is -3.90. The Morgan fingerprint density at radius 1 is 1.03 bits per heavy atom. The first kappa shape index (κ1) is 22.5. The number of hydrogen-bond donors (Lipinski definition) is 1. The molecule has 2 rings (SSSR count). The van der Waals surface area contributed by atoms with Crippen molar-refractivity contribution in [2.45, 2.75) is 11.8 Å². The van der Waals surface area contributed by atoms with Crippen LogP contribution >= 0.6 is 0 Å². The van der Waals surface area contributed by atoms with Crippen LogP contribution in [0.25, 0.3) is 0 Å². The van der Waals surface area contributed by atoms with Gasteiger partial charge in [-0.05, 0) is 25.1 Å². The van der Waals surface area contributed by atoms with Gasteiger partial charge in [-0.1, -0.05) is 17.7 Å². The molecule has 8 nitrogen and oxygen atoms in total. The highest BCUT2D eigenvalue weighted by molar-refractivity contribution is 7.92. The SMILES string of the molecule is COCCNC(=O)c1cc(OC)c(OC)cc1N(C)S(=O)(=O)c1ccc(C)cc1. The molecule has 0 saturated heterocycles. The fourth-order valence-electron chi connectivity index (χ4n) is 2.67. The first-order valence-corrected chi connectivity index (χ1v) is 10.3. The summed E-state index contributed by atoms with van der Waals surface area (Å²) in [5, 5.41) is 2.70. The van der Waals surface area contributed by atoms with Crippen LogP contribution in [0.2, 0.25) is 0 Å². The van der Waals surface area contributed by atoms with Gasteiger partial charge in [-0.15, -0.1) is 0 Å². The molecule has 0 aliphatic carbocycles. The van der Waals surface area contributed by atoms with Crippen LogP contribution in [0.15, 0.2) is 41.3 Å². The summed E-state index contributed by atoms with van der Waals surface area (Å²) >= 11 is 0. The highest BCUT2D eigenvalue weighted by Crippen LogP contribution is 2.36. The zero-order valence-corrected chi connectivity index (χ0v) is 18.0. The quantitative estimate of drug-likeness (QED) is 0.623. The summed E-state index contributed by atoms with van der Waals surface area (Å²) in [6.45, 7) is 2.47. The summed E-state index contributed by atoms with van der Waals surface area (Å²) in [6.07, 6.45) is 0. The van der Waals surface area contributed by atoms with E-state index in [1.165, 1.54) is 52.6 Å².